The summed E-state index contributed by atoms with van der Waals surface area (Å²) < 4.78 is 0. The summed E-state index contributed by atoms with van der Waals surface area (Å²) in [7, 11) is 0. The van der Waals surface area contributed by atoms with Gasteiger partial charge in [-0.2, -0.15) is 0 Å². The summed E-state index contributed by atoms with van der Waals surface area (Å²) in [6, 6.07) is 14.9. The van der Waals surface area contributed by atoms with Crippen LogP contribution in [-0.2, 0) is 6.54 Å². The predicted molar refractivity (Wildman–Crippen MR) is 85.8 cm³/mol. The van der Waals surface area contributed by atoms with E-state index in [1.165, 1.54) is 48.4 Å². The fraction of sp³-hybridized carbons (Fsp3) is 0.389. The van der Waals surface area contributed by atoms with Crippen LogP contribution >= 0.6 is 0 Å². The summed E-state index contributed by atoms with van der Waals surface area (Å²) in [6.45, 7) is 0.698. The number of benzene rings is 2. The molecule has 1 aliphatic rings. The fourth-order valence-corrected chi connectivity index (χ4v) is 3.13. The Balaban J connectivity index is 1.79. The van der Waals surface area contributed by atoms with Crippen LogP contribution < -0.4 is 5.73 Å². The predicted octanol–water partition coefficient (Wildman–Crippen LogP) is 4.28. The summed E-state index contributed by atoms with van der Waals surface area (Å²) in [5.41, 5.74) is 7.46. The number of aliphatic imine (C=N–C) groups is 1. The molecule has 0 bridgehead atoms. The highest BCUT2D eigenvalue weighted by molar-refractivity contribution is 5.86. The first-order valence-corrected chi connectivity index (χ1v) is 7.61. The number of fused-ring (bicyclic) bond motifs is 1. The first-order chi connectivity index (χ1) is 9.84. The van der Waals surface area contributed by atoms with E-state index >= 15 is 0 Å². The number of nitrogens with zero attached hydrogens (tertiary/aromatic N) is 1. The van der Waals surface area contributed by atoms with E-state index in [0.717, 1.165) is 5.84 Å². The van der Waals surface area contributed by atoms with Crippen LogP contribution in [0.2, 0.25) is 0 Å². The zero-order valence-corrected chi connectivity index (χ0v) is 11.9. The van der Waals surface area contributed by atoms with Crippen molar-refractivity contribution >= 4 is 16.6 Å². The summed E-state index contributed by atoms with van der Waals surface area (Å²) >= 11 is 0. The van der Waals surface area contributed by atoms with Crippen LogP contribution in [-0.4, -0.2) is 5.84 Å². The van der Waals surface area contributed by atoms with Gasteiger partial charge in [0.2, 0.25) is 0 Å². The molecule has 20 heavy (non-hydrogen) atoms. The van der Waals surface area contributed by atoms with Gasteiger partial charge in [0.15, 0.2) is 0 Å². The van der Waals surface area contributed by atoms with Gasteiger partial charge in [-0.05, 0) is 29.2 Å². The van der Waals surface area contributed by atoms with Crippen molar-refractivity contribution in [3.8, 4) is 0 Å². The van der Waals surface area contributed by atoms with Crippen molar-refractivity contribution in [2.75, 3.05) is 0 Å². The van der Waals surface area contributed by atoms with Crippen molar-refractivity contribution in [2.45, 2.75) is 38.6 Å². The first-order valence-electron chi connectivity index (χ1n) is 7.61. The highest BCUT2D eigenvalue weighted by Crippen LogP contribution is 2.24. The lowest BCUT2D eigenvalue weighted by atomic mass is 9.88. The summed E-state index contributed by atoms with van der Waals surface area (Å²) in [4.78, 5) is 4.66. The minimum Gasteiger partial charge on any atom is -0.387 e. The van der Waals surface area contributed by atoms with Crippen molar-refractivity contribution in [2.24, 2.45) is 16.6 Å². The van der Waals surface area contributed by atoms with Gasteiger partial charge in [-0.15, -0.1) is 0 Å². The molecule has 1 saturated carbocycles. The molecule has 2 N–H and O–H groups in total. The molecule has 104 valence electrons. The third kappa shape index (κ3) is 2.84. The smallest absolute Gasteiger partial charge is 0.0972 e. The second-order valence-electron chi connectivity index (χ2n) is 5.71. The van der Waals surface area contributed by atoms with Gasteiger partial charge < -0.3 is 5.73 Å². The third-order valence-electron chi connectivity index (χ3n) is 4.34. The van der Waals surface area contributed by atoms with Crippen molar-refractivity contribution in [3.05, 3.63) is 48.0 Å². The Morgan fingerprint density at radius 2 is 1.75 bits per heavy atom. The Morgan fingerprint density at radius 1 is 1.00 bits per heavy atom. The Labute approximate surface area is 120 Å². The number of amidine groups is 1. The van der Waals surface area contributed by atoms with Crippen LogP contribution in [0.5, 0.6) is 0 Å². The number of rotatable bonds is 3. The summed E-state index contributed by atoms with van der Waals surface area (Å²) in [6.07, 6.45) is 6.38. The molecule has 0 radical (unpaired) electrons. The van der Waals surface area contributed by atoms with Gasteiger partial charge >= 0.3 is 0 Å². The molecule has 0 spiro atoms. The van der Waals surface area contributed by atoms with Crippen molar-refractivity contribution in [1.29, 1.82) is 0 Å². The van der Waals surface area contributed by atoms with E-state index in [9.17, 15) is 0 Å². The topological polar surface area (TPSA) is 38.4 Å². The van der Waals surface area contributed by atoms with Crippen LogP contribution in [0.1, 0.15) is 37.7 Å². The fourth-order valence-electron chi connectivity index (χ4n) is 3.13. The molecular weight excluding hydrogens is 244 g/mol. The standard InChI is InChI=1S/C18H22N2/c19-18(15-8-2-1-3-9-15)20-13-16-11-6-10-14-7-4-5-12-17(14)16/h4-7,10-12,15H,1-3,8-9,13H2,(H2,19,20). The Morgan fingerprint density at radius 3 is 2.60 bits per heavy atom. The maximum absolute atomic E-state index is 6.19. The second-order valence-corrected chi connectivity index (χ2v) is 5.71. The SMILES string of the molecule is NC(=NCc1cccc2ccccc12)C1CCCCC1. The quantitative estimate of drug-likeness (QED) is 0.653. The monoisotopic (exact) mass is 266 g/mol. The van der Waals surface area contributed by atoms with Gasteiger partial charge in [0.05, 0.1) is 12.4 Å². The van der Waals surface area contributed by atoms with Gasteiger partial charge in [0.25, 0.3) is 0 Å². The third-order valence-corrected chi connectivity index (χ3v) is 4.34. The van der Waals surface area contributed by atoms with E-state index in [1.807, 2.05) is 0 Å². The molecule has 1 fully saturated rings. The van der Waals surface area contributed by atoms with Gasteiger partial charge in [0.1, 0.15) is 0 Å². The molecule has 2 aromatic rings. The van der Waals surface area contributed by atoms with E-state index in [4.69, 9.17) is 5.73 Å². The van der Waals surface area contributed by atoms with Gasteiger partial charge in [-0.3, -0.25) is 4.99 Å². The highest BCUT2D eigenvalue weighted by Gasteiger charge is 2.16. The molecule has 3 rings (SSSR count). The minimum atomic E-state index is 0.513. The van der Waals surface area contributed by atoms with Crippen LogP contribution in [0.3, 0.4) is 0 Å². The molecule has 1 aliphatic carbocycles. The van der Waals surface area contributed by atoms with E-state index in [-0.39, 0.29) is 0 Å². The lowest BCUT2D eigenvalue weighted by molar-refractivity contribution is 0.436. The molecule has 2 aromatic carbocycles. The molecule has 0 amide bonds. The molecular formula is C18H22N2. The van der Waals surface area contributed by atoms with Crippen molar-refractivity contribution in [3.63, 3.8) is 0 Å². The second kappa shape index (κ2) is 6.08. The summed E-state index contributed by atoms with van der Waals surface area (Å²) in [5, 5.41) is 2.56. The first kappa shape index (κ1) is 13.2. The average molecular weight is 266 g/mol. The average Bonchev–Trinajstić information content (AvgIpc) is 2.53. The molecule has 0 unspecified atom stereocenters. The minimum absolute atomic E-state index is 0.513. The molecule has 2 heteroatoms. The largest absolute Gasteiger partial charge is 0.387 e. The zero-order chi connectivity index (χ0) is 13.8. The Bertz CT molecular complexity index is 604. The zero-order valence-electron chi connectivity index (χ0n) is 11.9. The van der Waals surface area contributed by atoms with Gasteiger partial charge in [-0.25, -0.2) is 0 Å². The van der Waals surface area contributed by atoms with Crippen LogP contribution in [0.25, 0.3) is 10.8 Å². The number of hydrogen-bond donors (Lipinski definition) is 1. The van der Waals surface area contributed by atoms with E-state index in [1.54, 1.807) is 0 Å². The van der Waals surface area contributed by atoms with Crippen molar-refractivity contribution < 1.29 is 0 Å². The highest BCUT2D eigenvalue weighted by atomic mass is 14.9. The number of nitrogens with two attached hydrogens (primary N) is 1. The molecule has 0 aliphatic heterocycles. The maximum Gasteiger partial charge on any atom is 0.0972 e. The van der Waals surface area contributed by atoms with Gasteiger partial charge in [-0.1, -0.05) is 61.7 Å². The van der Waals surface area contributed by atoms with Gasteiger partial charge in [0, 0.05) is 5.92 Å². The van der Waals surface area contributed by atoms with E-state index in [0.29, 0.717) is 12.5 Å². The maximum atomic E-state index is 6.19. The molecule has 0 saturated heterocycles. The molecule has 0 heterocycles. The molecule has 2 nitrogen and oxygen atoms in total. The molecule has 0 atom stereocenters. The molecule has 0 aromatic heterocycles. The lowest BCUT2D eigenvalue weighted by Gasteiger charge is -2.20. The Hall–Kier alpha value is -1.83. The number of hydrogen-bond acceptors (Lipinski definition) is 1. The van der Waals surface area contributed by atoms with E-state index < -0.39 is 0 Å². The Kier molecular flexibility index (Phi) is 4.00. The van der Waals surface area contributed by atoms with Crippen LogP contribution in [0.4, 0.5) is 0 Å². The summed E-state index contributed by atoms with van der Waals surface area (Å²) in [5.74, 6) is 1.37. The van der Waals surface area contributed by atoms with Crippen molar-refractivity contribution in [1.82, 2.24) is 0 Å². The van der Waals surface area contributed by atoms with Crippen LogP contribution in [0.15, 0.2) is 47.5 Å². The van der Waals surface area contributed by atoms with Crippen LogP contribution in [0, 0.1) is 5.92 Å². The van der Waals surface area contributed by atoms with E-state index in [2.05, 4.69) is 47.5 Å². The normalized spacial score (nSPS) is 17.5. The lowest BCUT2D eigenvalue weighted by Crippen LogP contribution is -2.25.